The number of nitrogens with one attached hydrogen (secondary N) is 1. The molecule has 1 heterocycles. The molecule has 5 heteroatoms. The minimum Gasteiger partial charge on any atom is -0.333 e. The van der Waals surface area contributed by atoms with E-state index in [4.69, 9.17) is 0 Å². The highest BCUT2D eigenvalue weighted by atomic mass is 16.2. The Labute approximate surface area is 154 Å². The van der Waals surface area contributed by atoms with Crippen molar-refractivity contribution in [2.24, 2.45) is 5.41 Å². The van der Waals surface area contributed by atoms with Crippen LogP contribution in [0, 0.1) is 5.41 Å². The lowest BCUT2D eigenvalue weighted by Crippen LogP contribution is -2.47. The number of carbonyl (C=O) groups is 1. The van der Waals surface area contributed by atoms with E-state index in [0.717, 1.165) is 16.6 Å². The summed E-state index contributed by atoms with van der Waals surface area (Å²) in [5, 5.41) is 11.8. The number of para-hydroxylation sites is 1. The van der Waals surface area contributed by atoms with Gasteiger partial charge in [-0.25, -0.2) is 4.68 Å². The van der Waals surface area contributed by atoms with E-state index in [-0.39, 0.29) is 17.5 Å². The zero-order valence-corrected chi connectivity index (χ0v) is 16.0. The van der Waals surface area contributed by atoms with Crippen LogP contribution >= 0.6 is 0 Å². The summed E-state index contributed by atoms with van der Waals surface area (Å²) in [5.41, 5.74) is 1.82. The average molecular weight is 350 g/mol. The fraction of sp³-hybridized carbons (Fsp3) is 0.381. The summed E-state index contributed by atoms with van der Waals surface area (Å²) < 4.78 is 1.81. The number of rotatable bonds is 4. The molecule has 3 rings (SSSR count). The lowest BCUT2D eigenvalue weighted by Gasteiger charge is -2.35. The van der Waals surface area contributed by atoms with Crippen LogP contribution in [0.5, 0.6) is 0 Å². The maximum absolute atomic E-state index is 13.2. The third kappa shape index (κ3) is 3.34. The van der Waals surface area contributed by atoms with Gasteiger partial charge >= 0.3 is 0 Å². The third-order valence-corrected chi connectivity index (χ3v) is 4.77. The van der Waals surface area contributed by atoms with Gasteiger partial charge in [-0.1, -0.05) is 68.4 Å². The second kappa shape index (κ2) is 6.56. The van der Waals surface area contributed by atoms with Gasteiger partial charge in [-0.05, 0) is 31.5 Å². The molecule has 0 spiro atoms. The van der Waals surface area contributed by atoms with E-state index in [9.17, 15) is 4.79 Å². The van der Waals surface area contributed by atoms with Gasteiger partial charge in [0.05, 0.1) is 10.9 Å². The van der Waals surface area contributed by atoms with E-state index in [2.05, 4.69) is 36.4 Å². The SMILES string of the molecule is CC(C)(C(=O)NC(n1nnc2ccccc21)C(C)(C)C)c1ccccc1. The molecule has 1 amide bonds. The topological polar surface area (TPSA) is 59.8 Å². The molecule has 0 fully saturated rings. The fourth-order valence-corrected chi connectivity index (χ4v) is 3.01. The second-order valence-electron chi connectivity index (χ2n) is 8.26. The summed E-state index contributed by atoms with van der Waals surface area (Å²) in [6.07, 6.45) is -0.314. The molecule has 3 aromatic rings. The minimum atomic E-state index is -0.652. The van der Waals surface area contributed by atoms with Gasteiger partial charge < -0.3 is 5.32 Å². The van der Waals surface area contributed by atoms with Crippen LogP contribution in [0.25, 0.3) is 11.0 Å². The summed E-state index contributed by atoms with van der Waals surface area (Å²) in [5.74, 6) is -0.0387. The first-order valence-electron chi connectivity index (χ1n) is 8.87. The van der Waals surface area contributed by atoms with Crippen LogP contribution in [0.3, 0.4) is 0 Å². The van der Waals surface area contributed by atoms with E-state index in [1.165, 1.54) is 0 Å². The van der Waals surface area contributed by atoms with Crippen molar-refractivity contribution in [2.75, 3.05) is 0 Å². The quantitative estimate of drug-likeness (QED) is 0.771. The first kappa shape index (κ1) is 18.1. The van der Waals surface area contributed by atoms with Crippen LogP contribution < -0.4 is 5.32 Å². The Hall–Kier alpha value is -2.69. The minimum absolute atomic E-state index is 0.0387. The molecule has 0 radical (unpaired) electrons. The molecular weight excluding hydrogens is 324 g/mol. The zero-order valence-electron chi connectivity index (χ0n) is 16.0. The lowest BCUT2D eigenvalue weighted by atomic mass is 9.82. The molecule has 0 bridgehead atoms. The smallest absolute Gasteiger partial charge is 0.231 e. The number of fused-ring (bicyclic) bond motifs is 1. The van der Waals surface area contributed by atoms with Crippen molar-refractivity contribution in [3.05, 3.63) is 60.2 Å². The normalized spacial score (nSPS) is 13.6. The maximum atomic E-state index is 13.2. The number of hydrogen-bond acceptors (Lipinski definition) is 3. The molecular formula is C21H26N4O. The second-order valence-corrected chi connectivity index (χ2v) is 8.26. The number of hydrogen-bond donors (Lipinski definition) is 1. The van der Waals surface area contributed by atoms with E-state index in [1.54, 1.807) is 0 Å². The monoisotopic (exact) mass is 350 g/mol. The highest BCUT2D eigenvalue weighted by Crippen LogP contribution is 2.32. The Morgan fingerprint density at radius 3 is 2.23 bits per heavy atom. The largest absolute Gasteiger partial charge is 0.333 e. The molecule has 1 N–H and O–H groups in total. The number of aromatic nitrogens is 3. The molecule has 0 aliphatic rings. The molecule has 26 heavy (non-hydrogen) atoms. The van der Waals surface area contributed by atoms with Crippen molar-refractivity contribution in [2.45, 2.75) is 46.2 Å². The molecule has 0 aliphatic heterocycles. The molecule has 1 aromatic heterocycles. The number of amides is 1. The molecule has 0 saturated carbocycles. The van der Waals surface area contributed by atoms with Gasteiger partial charge in [-0.15, -0.1) is 5.10 Å². The number of benzene rings is 2. The predicted octanol–water partition coefficient (Wildman–Crippen LogP) is 4.07. The van der Waals surface area contributed by atoms with Crippen molar-refractivity contribution < 1.29 is 4.79 Å². The molecule has 0 aliphatic carbocycles. The summed E-state index contributed by atoms with van der Waals surface area (Å²) in [6, 6.07) is 17.6. The van der Waals surface area contributed by atoms with Crippen LogP contribution in [0.2, 0.25) is 0 Å². The van der Waals surface area contributed by atoms with Crippen molar-refractivity contribution >= 4 is 16.9 Å². The standard InChI is InChI=1S/C21H26N4O/c1-20(2,3)18(25-17-14-10-9-13-16(17)23-24-25)22-19(26)21(4,5)15-11-7-6-8-12-15/h6-14,18H,1-5H3,(H,22,26). The highest BCUT2D eigenvalue weighted by Gasteiger charge is 2.36. The van der Waals surface area contributed by atoms with E-state index in [0.29, 0.717) is 0 Å². The summed E-state index contributed by atoms with van der Waals surface area (Å²) in [7, 11) is 0. The Morgan fingerprint density at radius 1 is 0.962 bits per heavy atom. The van der Waals surface area contributed by atoms with E-state index in [1.807, 2.05) is 73.1 Å². The van der Waals surface area contributed by atoms with Crippen LogP contribution in [-0.2, 0) is 10.2 Å². The Bertz CT molecular complexity index is 906. The molecule has 2 aromatic carbocycles. The molecule has 5 nitrogen and oxygen atoms in total. The van der Waals surface area contributed by atoms with Gasteiger partial charge in [0, 0.05) is 5.41 Å². The van der Waals surface area contributed by atoms with Crippen molar-refractivity contribution in [1.82, 2.24) is 20.3 Å². The molecule has 0 saturated heterocycles. The Morgan fingerprint density at radius 2 is 1.58 bits per heavy atom. The third-order valence-electron chi connectivity index (χ3n) is 4.77. The van der Waals surface area contributed by atoms with Crippen LogP contribution in [-0.4, -0.2) is 20.9 Å². The highest BCUT2D eigenvalue weighted by molar-refractivity contribution is 5.87. The molecule has 1 unspecified atom stereocenters. The summed E-state index contributed by atoms with van der Waals surface area (Å²) in [6.45, 7) is 10.1. The lowest BCUT2D eigenvalue weighted by molar-refractivity contribution is -0.128. The average Bonchev–Trinajstić information content (AvgIpc) is 3.03. The number of carbonyl (C=O) groups excluding carboxylic acids is 1. The maximum Gasteiger partial charge on any atom is 0.231 e. The molecule has 1 atom stereocenters. The van der Waals surface area contributed by atoms with Crippen molar-refractivity contribution in [3.63, 3.8) is 0 Å². The van der Waals surface area contributed by atoms with E-state index < -0.39 is 5.41 Å². The first-order valence-corrected chi connectivity index (χ1v) is 8.87. The summed E-state index contributed by atoms with van der Waals surface area (Å²) >= 11 is 0. The van der Waals surface area contributed by atoms with Crippen LogP contribution in [0.1, 0.15) is 46.3 Å². The van der Waals surface area contributed by atoms with Gasteiger partial charge in [0.15, 0.2) is 0 Å². The predicted molar refractivity (Wildman–Crippen MR) is 104 cm³/mol. The Kier molecular flexibility index (Phi) is 4.57. The van der Waals surface area contributed by atoms with Crippen molar-refractivity contribution in [1.29, 1.82) is 0 Å². The van der Waals surface area contributed by atoms with Gasteiger partial charge in [0.1, 0.15) is 11.7 Å². The van der Waals surface area contributed by atoms with Gasteiger partial charge in [0.25, 0.3) is 0 Å². The molecule has 136 valence electrons. The number of nitrogens with zero attached hydrogens (tertiary/aromatic N) is 3. The van der Waals surface area contributed by atoms with Gasteiger partial charge in [0.2, 0.25) is 5.91 Å². The summed E-state index contributed by atoms with van der Waals surface area (Å²) in [4.78, 5) is 13.2. The van der Waals surface area contributed by atoms with Crippen molar-refractivity contribution in [3.8, 4) is 0 Å². The Balaban J connectivity index is 1.96. The zero-order chi connectivity index (χ0) is 18.9. The van der Waals surface area contributed by atoms with Gasteiger partial charge in [-0.3, -0.25) is 4.79 Å². The van der Waals surface area contributed by atoms with E-state index >= 15 is 0 Å². The van der Waals surface area contributed by atoms with Crippen LogP contribution in [0.15, 0.2) is 54.6 Å². The van der Waals surface area contributed by atoms with Gasteiger partial charge in [-0.2, -0.15) is 0 Å². The van der Waals surface area contributed by atoms with Crippen LogP contribution in [0.4, 0.5) is 0 Å². The first-order chi connectivity index (χ1) is 12.2. The fourth-order valence-electron chi connectivity index (χ4n) is 3.01.